The maximum atomic E-state index is 11.7. The first-order chi connectivity index (χ1) is 8.56. The van der Waals surface area contributed by atoms with Gasteiger partial charge in [0.05, 0.1) is 18.2 Å². The summed E-state index contributed by atoms with van der Waals surface area (Å²) >= 11 is 0. The van der Waals surface area contributed by atoms with Gasteiger partial charge in [0, 0.05) is 19.8 Å². The van der Waals surface area contributed by atoms with Crippen molar-refractivity contribution >= 4 is 17.7 Å². The third kappa shape index (κ3) is 3.45. The van der Waals surface area contributed by atoms with Crippen LogP contribution in [-0.2, 0) is 0 Å². The largest absolute Gasteiger partial charge is 0.476 e. The number of aromatic carboxylic acids is 1. The van der Waals surface area contributed by atoms with E-state index in [4.69, 9.17) is 10.4 Å². The smallest absolute Gasteiger partial charge is 0.356 e. The highest BCUT2D eigenvalue weighted by Crippen LogP contribution is 2.12. The Morgan fingerprint density at radius 2 is 2.33 bits per heavy atom. The Morgan fingerprint density at radius 1 is 1.61 bits per heavy atom. The van der Waals surface area contributed by atoms with Gasteiger partial charge in [-0.05, 0) is 12.1 Å². The molecule has 1 rings (SSSR count). The number of nitrogens with one attached hydrogen (secondary N) is 1. The number of pyridine rings is 1. The predicted molar refractivity (Wildman–Crippen MR) is 63.1 cm³/mol. The number of carboxylic acids is 1. The second-order valence-corrected chi connectivity index (χ2v) is 3.46. The Kier molecular flexibility index (Phi) is 4.63. The zero-order valence-electron chi connectivity index (χ0n) is 9.75. The van der Waals surface area contributed by atoms with Crippen LogP contribution in [0.1, 0.15) is 16.9 Å². The lowest BCUT2D eigenvalue weighted by Gasteiger charge is -2.16. The van der Waals surface area contributed by atoms with Gasteiger partial charge in [-0.25, -0.2) is 14.6 Å². The number of amides is 2. The van der Waals surface area contributed by atoms with Gasteiger partial charge >= 0.3 is 12.0 Å². The molecule has 1 aromatic heterocycles. The summed E-state index contributed by atoms with van der Waals surface area (Å²) in [7, 11) is 1.52. The molecule has 0 aliphatic heterocycles. The van der Waals surface area contributed by atoms with Crippen molar-refractivity contribution in [2.75, 3.05) is 18.9 Å². The van der Waals surface area contributed by atoms with Crippen LogP contribution in [0, 0.1) is 11.3 Å². The molecule has 0 bridgehead atoms. The zero-order chi connectivity index (χ0) is 13.5. The first kappa shape index (κ1) is 13.4. The van der Waals surface area contributed by atoms with Crippen LogP contribution in [0.2, 0.25) is 0 Å². The second kappa shape index (κ2) is 6.20. The van der Waals surface area contributed by atoms with Crippen molar-refractivity contribution in [1.29, 1.82) is 5.26 Å². The number of hydrogen-bond donors (Lipinski definition) is 2. The lowest BCUT2D eigenvalue weighted by Crippen LogP contribution is -2.32. The van der Waals surface area contributed by atoms with E-state index in [2.05, 4.69) is 10.3 Å². The summed E-state index contributed by atoms with van der Waals surface area (Å²) in [5.74, 6) is -1.22. The number of nitrogens with zero attached hydrogens (tertiary/aromatic N) is 3. The van der Waals surface area contributed by atoms with E-state index in [1.165, 1.54) is 30.3 Å². The summed E-state index contributed by atoms with van der Waals surface area (Å²) in [6.07, 6.45) is 1.54. The molecule has 0 atom stereocenters. The minimum absolute atomic E-state index is 0.124. The molecular weight excluding hydrogens is 236 g/mol. The van der Waals surface area contributed by atoms with E-state index in [0.29, 0.717) is 0 Å². The van der Waals surface area contributed by atoms with Crippen molar-refractivity contribution in [1.82, 2.24) is 9.88 Å². The van der Waals surface area contributed by atoms with Gasteiger partial charge in [0.25, 0.3) is 0 Å². The Hall–Kier alpha value is -2.62. The molecule has 0 aromatic carbocycles. The minimum Gasteiger partial charge on any atom is -0.476 e. The number of nitriles is 1. The number of hydrogen-bond acceptors (Lipinski definition) is 4. The van der Waals surface area contributed by atoms with Gasteiger partial charge < -0.3 is 15.3 Å². The Bertz CT molecular complexity index is 495. The fourth-order valence-corrected chi connectivity index (χ4v) is 1.21. The van der Waals surface area contributed by atoms with E-state index in [1.807, 2.05) is 6.07 Å². The van der Waals surface area contributed by atoms with Gasteiger partial charge in [0.1, 0.15) is 0 Å². The first-order valence-corrected chi connectivity index (χ1v) is 5.13. The van der Waals surface area contributed by atoms with Gasteiger partial charge in [0.2, 0.25) is 0 Å². The monoisotopic (exact) mass is 248 g/mol. The molecule has 94 valence electrons. The van der Waals surface area contributed by atoms with Crippen molar-refractivity contribution in [3.63, 3.8) is 0 Å². The van der Waals surface area contributed by atoms with Crippen molar-refractivity contribution in [2.24, 2.45) is 0 Å². The summed E-state index contributed by atoms with van der Waals surface area (Å²) in [6, 6.07) is 4.41. The fourth-order valence-electron chi connectivity index (χ4n) is 1.21. The highest BCUT2D eigenvalue weighted by Gasteiger charge is 2.15. The average molecular weight is 248 g/mol. The summed E-state index contributed by atoms with van der Waals surface area (Å²) in [5.41, 5.74) is -0.0988. The third-order valence-electron chi connectivity index (χ3n) is 2.16. The highest BCUT2D eigenvalue weighted by atomic mass is 16.4. The Labute approximate surface area is 104 Å². The summed E-state index contributed by atoms with van der Waals surface area (Å²) < 4.78 is 0. The SMILES string of the molecule is CN(CCC#N)C(=O)Nc1cccnc1C(=O)O. The molecule has 0 spiro atoms. The lowest BCUT2D eigenvalue weighted by molar-refractivity contribution is 0.0691. The molecule has 0 aliphatic carbocycles. The first-order valence-electron chi connectivity index (χ1n) is 5.13. The molecule has 1 heterocycles. The van der Waals surface area contributed by atoms with Crippen molar-refractivity contribution < 1.29 is 14.7 Å². The van der Waals surface area contributed by atoms with Crippen molar-refractivity contribution in [3.05, 3.63) is 24.0 Å². The molecule has 0 aliphatic rings. The van der Waals surface area contributed by atoms with Crippen LogP contribution in [-0.4, -0.2) is 40.6 Å². The van der Waals surface area contributed by atoms with Crippen LogP contribution in [0.15, 0.2) is 18.3 Å². The Morgan fingerprint density at radius 3 is 2.94 bits per heavy atom. The fraction of sp³-hybridized carbons (Fsp3) is 0.273. The molecule has 0 unspecified atom stereocenters. The standard InChI is InChI=1S/C11H12N4O3/c1-15(7-3-5-12)11(18)14-8-4-2-6-13-9(8)10(16)17/h2,4,6H,3,7H2,1H3,(H,14,18)(H,16,17). The third-order valence-corrected chi connectivity index (χ3v) is 2.16. The van der Waals surface area contributed by atoms with Gasteiger partial charge in [-0.15, -0.1) is 0 Å². The van der Waals surface area contributed by atoms with Crippen molar-refractivity contribution in [3.8, 4) is 6.07 Å². The molecule has 7 heteroatoms. The highest BCUT2D eigenvalue weighted by molar-refractivity contribution is 5.98. The topological polar surface area (TPSA) is 106 Å². The number of rotatable bonds is 4. The number of carbonyl (C=O) groups excluding carboxylic acids is 1. The van der Waals surface area contributed by atoms with Crippen LogP contribution in [0.5, 0.6) is 0 Å². The van der Waals surface area contributed by atoms with Gasteiger partial charge in [0.15, 0.2) is 5.69 Å². The number of anilines is 1. The molecule has 0 fully saturated rings. The number of urea groups is 1. The maximum absolute atomic E-state index is 11.7. The Balaban J connectivity index is 2.76. The summed E-state index contributed by atoms with van der Waals surface area (Å²) in [5, 5.41) is 19.7. The van der Waals surface area contributed by atoms with Crippen LogP contribution in [0.3, 0.4) is 0 Å². The lowest BCUT2D eigenvalue weighted by atomic mass is 10.3. The van der Waals surface area contributed by atoms with Gasteiger partial charge in [-0.3, -0.25) is 0 Å². The molecule has 1 aromatic rings. The quantitative estimate of drug-likeness (QED) is 0.831. The molecule has 18 heavy (non-hydrogen) atoms. The summed E-state index contributed by atoms with van der Waals surface area (Å²) in [4.78, 5) is 27.5. The number of aromatic nitrogens is 1. The normalized spacial score (nSPS) is 9.33. The molecule has 2 amide bonds. The van der Waals surface area contributed by atoms with Crippen molar-refractivity contribution in [2.45, 2.75) is 6.42 Å². The molecule has 0 radical (unpaired) electrons. The van der Waals surface area contributed by atoms with Gasteiger partial charge in [-0.1, -0.05) is 0 Å². The zero-order valence-corrected chi connectivity index (χ0v) is 9.75. The number of carbonyl (C=O) groups is 2. The maximum Gasteiger partial charge on any atom is 0.356 e. The van der Waals surface area contributed by atoms with E-state index < -0.39 is 12.0 Å². The molecule has 2 N–H and O–H groups in total. The van der Waals surface area contributed by atoms with E-state index in [-0.39, 0.29) is 24.3 Å². The molecule has 0 saturated carbocycles. The number of carboxylic acid groups (broad SMARTS) is 1. The van der Waals surface area contributed by atoms with E-state index in [1.54, 1.807) is 0 Å². The van der Waals surface area contributed by atoms with Crippen LogP contribution in [0.25, 0.3) is 0 Å². The average Bonchev–Trinajstić information content (AvgIpc) is 2.36. The van der Waals surface area contributed by atoms with E-state index >= 15 is 0 Å². The molecule has 7 nitrogen and oxygen atoms in total. The van der Waals surface area contributed by atoms with Crippen LogP contribution < -0.4 is 5.32 Å². The van der Waals surface area contributed by atoms with Crippen LogP contribution >= 0.6 is 0 Å². The minimum atomic E-state index is -1.22. The molecule has 0 saturated heterocycles. The van der Waals surface area contributed by atoms with E-state index in [0.717, 1.165) is 0 Å². The van der Waals surface area contributed by atoms with Crippen LogP contribution in [0.4, 0.5) is 10.5 Å². The van der Waals surface area contributed by atoms with Gasteiger partial charge in [-0.2, -0.15) is 5.26 Å². The second-order valence-electron chi connectivity index (χ2n) is 3.46. The van der Waals surface area contributed by atoms with E-state index in [9.17, 15) is 9.59 Å². The predicted octanol–water partition coefficient (Wildman–Crippen LogP) is 1.16. The summed E-state index contributed by atoms with van der Waals surface area (Å²) in [6.45, 7) is 0.269. The molecular formula is C11H12N4O3.